The molecule has 34 heavy (non-hydrogen) atoms. The summed E-state index contributed by atoms with van der Waals surface area (Å²) in [5.74, 6) is -0.598. The quantitative estimate of drug-likeness (QED) is 0.460. The van der Waals surface area contributed by atoms with Crippen molar-refractivity contribution in [3.8, 4) is 11.1 Å². The van der Waals surface area contributed by atoms with Crippen molar-refractivity contribution in [2.24, 2.45) is 0 Å². The number of benzene rings is 2. The number of aryl methyl sites for hydroxylation is 2. The molecule has 0 radical (unpaired) electrons. The van der Waals surface area contributed by atoms with E-state index in [-0.39, 0.29) is 19.0 Å². The Kier molecular flexibility index (Phi) is 7.52. The Balaban J connectivity index is 1.33. The largest absolute Gasteiger partial charge is 0.442 e. The zero-order valence-corrected chi connectivity index (χ0v) is 19.2. The Bertz CT molecular complexity index is 1140. The first kappa shape index (κ1) is 23.4. The fraction of sp³-hybridized carbons (Fsp3) is 0.296. The van der Waals surface area contributed by atoms with Crippen LogP contribution in [-0.4, -0.2) is 36.2 Å². The molecule has 2 heterocycles. The van der Waals surface area contributed by atoms with Gasteiger partial charge < -0.3 is 10.1 Å². The first-order valence-electron chi connectivity index (χ1n) is 11.5. The summed E-state index contributed by atoms with van der Waals surface area (Å²) in [5.41, 5.74) is 4.02. The summed E-state index contributed by atoms with van der Waals surface area (Å²) < 4.78 is 20.2. The maximum atomic E-state index is 14.9. The number of pyridine rings is 1. The van der Waals surface area contributed by atoms with Crippen molar-refractivity contribution < 1.29 is 18.7 Å². The standard InChI is InChI=1S/C27H28FN3O3/c1-19(32)30-17-24-18-31(27(33)34-24)23-13-14-25(26(28)16-23)21-11-9-20(10-12-21)6-2-3-7-22-8-4-5-15-29-22/h4-5,8-16,24H,2-3,6-7,17-18H2,1H3,(H,30,32)/t24-/m0/s1. The number of anilines is 1. The summed E-state index contributed by atoms with van der Waals surface area (Å²) >= 11 is 0. The smallest absolute Gasteiger partial charge is 0.414 e. The van der Waals surface area contributed by atoms with E-state index in [0.29, 0.717) is 11.3 Å². The molecule has 0 saturated carbocycles. The average Bonchev–Trinajstić information content (AvgIpc) is 3.22. The number of carbonyl (C=O) groups is 2. The molecule has 0 unspecified atom stereocenters. The maximum Gasteiger partial charge on any atom is 0.414 e. The minimum absolute atomic E-state index is 0.194. The second kappa shape index (κ2) is 10.9. The molecule has 3 aromatic rings. The van der Waals surface area contributed by atoms with E-state index >= 15 is 0 Å². The van der Waals surface area contributed by atoms with Gasteiger partial charge in [-0.05, 0) is 67.1 Å². The van der Waals surface area contributed by atoms with Crippen LogP contribution in [0.15, 0.2) is 66.9 Å². The van der Waals surface area contributed by atoms with Crippen molar-refractivity contribution in [3.05, 3.63) is 83.9 Å². The molecule has 4 rings (SSSR count). The van der Waals surface area contributed by atoms with Crippen LogP contribution in [0.5, 0.6) is 0 Å². The van der Waals surface area contributed by atoms with Gasteiger partial charge in [0, 0.05) is 24.4 Å². The van der Waals surface area contributed by atoms with E-state index in [2.05, 4.69) is 10.3 Å². The van der Waals surface area contributed by atoms with Crippen molar-refractivity contribution in [2.75, 3.05) is 18.0 Å². The topological polar surface area (TPSA) is 71.5 Å². The van der Waals surface area contributed by atoms with Gasteiger partial charge in [0.1, 0.15) is 11.9 Å². The van der Waals surface area contributed by atoms with E-state index in [9.17, 15) is 14.0 Å². The predicted molar refractivity (Wildman–Crippen MR) is 129 cm³/mol. The fourth-order valence-electron chi connectivity index (χ4n) is 4.03. The molecular weight excluding hydrogens is 433 g/mol. The number of hydrogen-bond donors (Lipinski definition) is 1. The summed E-state index contributed by atoms with van der Waals surface area (Å²) in [6.45, 7) is 1.89. The number of carbonyl (C=O) groups excluding carboxylic acids is 2. The molecule has 1 aliphatic rings. The average molecular weight is 462 g/mol. The van der Waals surface area contributed by atoms with Gasteiger partial charge in [-0.3, -0.25) is 14.7 Å². The number of aromatic nitrogens is 1. The SMILES string of the molecule is CC(=O)NC[C@H]1CN(c2ccc(-c3ccc(CCCCc4ccccn4)cc3)c(F)c2)C(=O)O1. The summed E-state index contributed by atoms with van der Waals surface area (Å²) in [7, 11) is 0. The first-order valence-corrected chi connectivity index (χ1v) is 11.5. The lowest BCUT2D eigenvalue weighted by atomic mass is 10.00. The molecule has 0 aliphatic carbocycles. The Labute approximate surface area is 198 Å². The Morgan fingerprint density at radius 2 is 1.91 bits per heavy atom. The highest BCUT2D eigenvalue weighted by molar-refractivity contribution is 5.90. The number of unbranched alkanes of at least 4 members (excludes halogenated alkanes) is 1. The van der Waals surface area contributed by atoms with Crippen LogP contribution in [0.1, 0.15) is 31.0 Å². The molecule has 1 aliphatic heterocycles. The predicted octanol–water partition coefficient (Wildman–Crippen LogP) is 4.91. The van der Waals surface area contributed by atoms with Crippen LogP contribution in [0.3, 0.4) is 0 Å². The fourth-order valence-corrected chi connectivity index (χ4v) is 4.03. The number of halogens is 1. The van der Waals surface area contributed by atoms with E-state index in [1.165, 1.54) is 23.5 Å². The molecule has 2 amide bonds. The van der Waals surface area contributed by atoms with Gasteiger partial charge in [0.15, 0.2) is 0 Å². The number of amides is 2. The number of nitrogens with one attached hydrogen (secondary N) is 1. The zero-order chi connectivity index (χ0) is 23.9. The van der Waals surface area contributed by atoms with Crippen molar-refractivity contribution in [1.82, 2.24) is 10.3 Å². The first-order chi connectivity index (χ1) is 16.5. The molecule has 1 fully saturated rings. The van der Waals surface area contributed by atoms with Gasteiger partial charge in [-0.2, -0.15) is 0 Å². The minimum atomic E-state index is -0.546. The lowest BCUT2D eigenvalue weighted by Crippen LogP contribution is -2.33. The number of rotatable bonds is 9. The number of hydrogen-bond acceptors (Lipinski definition) is 4. The highest BCUT2D eigenvalue weighted by Gasteiger charge is 2.32. The highest BCUT2D eigenvalue weighted by atomic mass is 19.1. The van der Waals surface area contributed by atoms with Crippen LogP contribution in [0.25, 0.3) is 11.1 Å². The number of cyclic esters (lactones) is 1. The van der Waals surface area contributed by atoms with Crippen molar-refractivity contribution in [3.63, 3.8) is 0 Å². The van der Waals surface area contributed by atoms with Crippen molar-refractivity contribution >= 4 is 17.7 Å². The Morgan fingerprint density at radius 3 is 2.62 bits per heavy atom. The van der Waals surface area contributed by atoms with Crippen LogP contribution in [0.2, 0.25) is 0 Å². The van der Waals surface area contributed by atoms with Gasteiger partial charge in [0.2, 0.25) is 5.91 Å². The van der Waals surface area contributed by atoms with Gasteiger partial charge in [-0.15, -0.1) is 0 Å². The van der Waals surface area contributed by atoms with Gasteiger partial charge in [0.25, 0.3) is 0 Å². The third kappa shape index (κ3) is 5.98. The molecule has 1 N–H and O–H groups in total. The molecule has 2 aromatic carbocycles. The molecule has 1 aromatic heterocycles. The second-order valence-electron chi connectivity index (χ2n) is 8.44. The van der Waals surface area contributed by atoms with E-state index < -0.39 is 18.0 Å². The molecule has 176 valence electrons. The van der Waals surface area contributed by atoms with E-state index in [1.54, 1.807) is 12.1 Å². The van der Waals surface area contributed by atoms with Gasteiger partial charge in [0.05, 0.1) is 18.8 Å². The molecular formula is C27H28FN3O3. The van der Waals surface area contributed by atoms with E-state index in [0.717, 1.165) is 36.9 Å². The van der Waals surface area contributed by atoms with Crippen LogP contribution in [-0.2, 0) is 22.4 Å². The molecule has 1 saturated heterocycles. The third-order valence-corrected chi connectivity index (χ3v) is 5.86. The summed E-state index contributed by atoms with van der Waals surface area (Å²) in [6.07, 6.45) is 4.88. The van der Waals surface area contributed by atoms with Crippen LogP contribution in [0, 0.1) is 5.82 Å². The highest BCUT2D eigenvalue weighted by Crippen LogP contribution is 2.29. The Hall–Kier alpha value is -3.74. The minimum Gasteiger partial charge on any atom is -0.442 e. The number of nitrogens with zero attached hydrogens (tertiary/aromatic N) is 2. The maximum absolute atomic E-state index is 14.9. The van der Waals surface area contributed by atoms with Crippen LogP contribution < -0.4 is 10.2 Å². The second-order valence-corrected chi connectivity index (χ2v) is 8.44. The zero-order valence-electron chi connectivity index (χ0n) is 19.2. The van der Waals surface area contributed by atoms with Crippen molar-refractivity contribution in [2.45, 2.75) is 38.7 Å². The van der Waals surface area contributed by atoms with E-state index in [4.69, 9.17) is 4.74 Å². The van der Waals surface area contributed by atoms with Crippen LogP contribution >= 0.6 is 0 Å². The molecule has 7 heteroatoms. The third-order valence-electron chi connectivity index (χ3n) is 5.86. The molecule has 6 nitrogen and oxygen atoms in total. The Morgan fingerprint density at radius 1 is 1.12 bits per heavy atom. The summed E-state index contributed by atoms with van der Waals surface area (Å²) in [4.78, 5) is 29.0. The van der Waals surface area contributed by atoms with Gasteiger partial charge in [-0.1, -0.05) is 30.3 Å². The van der Waals surface area contributed by atoms with E-state index in [1.807, 2.05) is 48.7 Å². The molecule has 0 spiro atoms. The lowest BCUT2D eigenvalue weighted by molar-refractivity contribution is -0.119. The van der Waals surface area contributed by atoms with Gasteiger partial charge in [-0.25, -0.2) is 9.18 Å². The van der Waals surface area contributed by atoms with Gasteiger partial charge >= 0.3 is 6.09 Å². The van der Waals surface area contributed by atoms with Crippen LogP contribution in [0.4, 0.5) is 14.9 Å². The number of ether oxygens (including phenoxy) is 1. The van der Waals surface area contributed by atoms with Crippen molar-refractivity contribution in [1.29, 1.82) is 0 Å². The normalized spacial score (nSPS) is 15.3. The summed E-state index contributed by atoms with van der Waals surface area (Å²) in [5, 5.41) is 2.63. The molecule has 0 bridgehead atoms. The summed E-state index contributed by atoms with van der Waals surface area (Å²) in [6, 6.07) is 18.7. The molecule has 1 atom stereocenters. The lowest BCUT2D eigenvalue weighted by Gasteiger charge is -2.15. The monoisotopic (exact) mass is 461 g/mol.